The summed E-state index contributed by atoms with van der Waals surface area (Å²) >= 11 is 4.21. The Hall–Kier alpha value is -0.430. The van der Waals surface area contributed by atoms with Gasteiger partial charge in [0.25, 0.3) is 0 Å². The van der Waals surface area contributed by atoms with Crippen molar-refractivity contribution in [1.29, 1.82) is 0 Å². The topological polar surface area (TPSA) is 0 Å². The lowest BCUT2D eigenvalue weighted by Crippen LogP contribution is -1.76. The van der Waals surface area contributed by atoms with Crippen LogP contribution < -0.4 is 0 Å². The zero-order valence-electron chi connectivity index (χ0n) is 7.46. The van der Waals surface area contributed by atoms with Gasteiger partial charge >= 0.3 is 0 Å². The van der Waals surface area contributed by atoms with Crippen molar-refractivity contribution in [3.63, 3.8) is 0 Å². The zero-order chi connectivity index (χ0) is 8.69. The Morgan fingerprint density at radius 2 is 1.91 bits per heavy atom. The standard InChI is InChI=1S/C8H10S.C2H6/c1-2-7-4-3-5-8(9)6-7;1-2/h3-6,9H,2H2,1H3;1-2H3. The van der Waals surface area contributed by atoms with Crippen LogP contribution in [0.15, 0.2) is 29.2 Å². The number of aryl methyl sites for hydroxylation is 1. The van der Waals surface area contributed by atoms with Crippen LogP contribution in [0.4, 0.5) is 0 Å². The second kappa shape index (κ2) is 6.29. The molecule has 0 unspecified atom stereocenters. The van der Waals surface area contributed by atoms with E-state index in [1.807, 2.05) is 26.0 Å². The third-order valence-corrected chi connectivity index (χ3v) is 1.60. The fourth-order valence-corrected chi connectivity index (χ4v) is 1.03. The Balaban J connectivity index is 0.000000461. The first kappa shape index (κ1) is 10.6. The maximum Gasteiger partial charge on any atom is 0.00427 e. The Morgan fingerprint density at radius 3 is 2.27 bits per heavy atom. The maximum absolute atomic E-state index is 4.21. The number of thiol groups is 1. The van der Waals surface area contributed by atoms with Crippen LogP contribution in [-0.2, 0) is 6.42 Å². The summed E-state index contributed by atoms with van der Waals surface area (Å²) in [6.07, 6.45) is 1.09. The van der Waals surface area contributed by atoms with Gasteiger partial charge in [-0.05, 0) is 24.1 Å². The molecule has 62 valence electrons. The van der Waals surface area contributed by atoms with Crippen LogP contribution in [0.1, 0.15) is 26.3 Å². The molecule has 0 fully saturated rings. The molecule has 1 heteroatoms. The average molecular weight is 168 g/mol. The second-order valence-corrected chi connectivity index (χ2v) is 2.54. The highest BCUT2D eigenvalue weighted by Gasteiger charge is 1.86. The van der Waals surface area contributed by atoms with Gasteiger partial charge in [-0.1, -0.05) is 32.9 Å². The highest BCUT2D eigenvalue weighted by Crippen LogP contribution is 2.08. The summed E-state index contributed by atoms with van der Waals surface area (Å²) in [5.74, 6) is 0. The highest BCUT2D eigenvalue weighted by molar-refractivity contribution is 7.80. The molecule has 0 heterocycles. The number of benzene rings is 1. The lowest BCUT2D eigenvalue weighted by atomic mass is 10.2. The smallest absolute Gasteiger partial charge is 0.00427 e. The van der Waals surface area contributed by atoms with Crippen molar-refractivity contribution in [1.82, 2.24) is 0 Å². The van der Waals surface area contributed by atoms with E-state index in [1.54, 1.807) is 0 Å². The van der Waals surface area contributed by atoms with E-state index in [-0.39, 0.29) is 0 Å². The van der Waals surface area contributed by atoms with Crippen LogP contribution in [0.5, 0.6) is 0 Å². The first-order valence-corrected chi connectivity index (χ1v) is 4.55. The lowest BCUT2D eigenvalue weighted by Gasteiger charge is -1.94. The van der Waals surface area contributed by atoms with Crippen LogP contribution in [0, 0.1) is 0 Å². The van der Waals surface area contributed by atoms with Gasteiger partial charge in [0.2, 0.25) is 0 Å². The number of hydrogen-bond donors (Lipinski definition) is 1. The summed E-state index contributed by atoms with van der Waals surface area (Å²) in [5.41, 5.74) is 1.35. The molecule has 0 aliphatic carbocycles. The Morgan fingerprint density at radius 1 is 1.27 bits per heavy atom. The van der Waals surface area contributed by atoms with Crippen molar-refractivity contribution >= 4 is 12.6 Å². The third kappa shape index (κ3) is 4.10. The molecule has 1 aromatic rings. The average Bonchev–Trinajstić information content (AvgIpc) is 2.08. The Bertz CT molecular complexity index is 194. The van der Waals surface area contributed by atoms with Crippen LogP contribution in [0.2, 0.25) is 0 Å². The summed E-state index contributed by atoms with van der Waals surface area (Å²) in [6, 6.07) is 8.21. The first-order chi connectivity index (χ1) is 5.33. The number of hydrogen-bond acceptors (Lipinski definition) is 1. The Labute approximate surface area is 75.1 Å². The predicted molar refractivity (Wildman–Crippen MR) is 54.4 cm³/mol. The van der Waals surface area contributed by atoms with E-state index in [9.17, 15) is 0 Å². The molecule has 0 aliphatic heterocycles. The molecule has 0 aromatic heterocycles. The number of rotatable bonds is 1. The molecule has 0 radical (unpaired) electrons. The molecule has 0 spiro atoms. The van der Waals surface area contributed by atoms with Crippen molar-refractivity contribution in [2.24, 2.45) is 0 Å². The van der Waals surface area contributed by atoms with Crippen LogP contribution in [0.25, 0.3) is 0 Å². The molecular formula is C10H16S. The van der Waals surface area contributed by atoms with Crippen LogP contribution in [-0.4, -0.2) is 0 Å². The molecule has 0 bridgehead atoms. The summed E-state index contributed by atoms with van der Waals surface area (Å²) in [6.45, 7) is 6.14. The molecule has 0 aliphatic rings. The van der Waals surface area contributed by atoms with Gasteiger partial charge in [-0.15, -0.1) is 12.6 Å². The van der Waals surface area contributed by atoms with E-state index in [0.717, 1.165) is 11.3 Å². The van der Waals surface area contributed by atoms with Gasteiger partial charge < -0.3 is 0 Å². The SMILES string of the molecule is CC.CCc1cccc(S)c1. The monoisotopic (exact) mass is 168 g/mol. The Kier molecular flexibility index (Phi) is 6.05. The summed E-state index contributed by atoms with van der Waals surface area (Å²) in [4.78, 5) is 1.05. The molecule has 1 aromatic carbocycles. The minimum Gasteiger partial charge on any atom is -0.143 e. The lowest BCUT2D eigenvalue weighted by molar-refractivity contribution is 1.12. The molecule has 0 saturated carbocycles. The van der Waals surface area contributed by atoms with Crippen LogP contribution in [0.3, 0.4) is 0 Å². The van der Waals surface area contributed by atoms with Gasteiger partial charge in [-0.2, -0.15) is 0 Å². The van der Waals surface area contributed by atoms with E-state index < -0.39 is 0 Å². The largest absolute Gasteiger partial charge is 0.143 e. The minimum atomic E-state index is 1.05. The van der Waals surface area contributed by atoms with Crippen molar-refractivity contribution in [2.45, 2.75) is 32.1 Å². The van der Waals surface area contributed by atoms with Crippen molar-refractivity contribution in [3.8, 4) is 0 Å². The third-order valence-electron chi connectivity index (χ3n) is 1.32. The van der Waals surface area contributed by atoms with Gasteiger partial charge in [0.1, 0.15) is 0 Å². The first-order valence-electron chi connectivity index (χ1n) is 4.11. The van der Waals surface area contributed by atoms with Crippen molar-refractivity contribution in [2.75, 3.05) is 0 Å². The molecule has 11 heavy (non-hydrogen) atoms. The molecular weight excluding hydrogens is 152 g/mol. The van der Waals surface area contributed by atoms with Gasteiger partial charge in [-0.25, -0.2) is 0 Å². The van der Waals surface area contributed by atoms with E-state index in [0.29, 0.717) is 0 Å². The summed E-state index contributed by atoms with van der Waals surface area (Å²) in [5, 5.41) is 0. The molecule has 0 saturated heterocycles. The van der Waals surface area contributed by atoms with Gasteiger partial charge in [0, 0.05) is 4.90 Å². The van der Waals surface area contributed by atoms with E-state index >= 15 is 0 Å². The van der Waals surface area contributed by atoms with Crippen molar-refractivity contribution < 1.29 is 0 Å². The normalized spacial score (nSPS) is 8.36. The van der Waals surface area contributed by atoms with E-state index in [4.69, 9.17) is 0 Å². The summed E-state index contributed by atoms with van der Waals surface area (Å²) in [7, 11) is 0. The van der Waals surface area contributed by atoms with Gasteiger partial charge in [-0.3, -0.25) is 0 Å². The molecule has 1 rings (SSSR count). The molecule has 0 atom stereocenters. The molecule has 0 nitrogen and oxygen atoms in total. The molecule has 0 amide bonds. The van der Waals surface area contributed by atoms with Crippen LogP contribution >= 0.6 is 12.6 Å². The molecule has 0 N–H and O–H groups in total. The van der Waals surface area contributed by atoms with E-state index in [1.165, 1.54) is 5.56 Å². The highest BCUT2D eigenvalue weighted by atomic mass is 32.1. The van der Waals surface area contributed by atoms with Crippen molar-refractivity contribution in [3.05, 3.63) is 29.8 Å². The minimum absolute atomic E-state index is 1.05. The second-order valence-electron chi connectivity index (χ2n) is 2.02. The fourth-order valence-electron chi connectivity index (χ4n) is 0.776. The maximum atomic E-state index is 4.21. The quantitative estimate of drug-likeness (QED) is 0.609. The zero-order valence-corrected chi connectivity index (χ0v) is 8.36. The van der Waals surface area contributed by atoms with Gasteiger partial charge in [0.15, 0.2) is 0 Å². The fraction of sp³-hybridized carbons (Fsp3) is 0.400. The predicted octanol–water partition coefficient (Wildman–Crippen LogP) is 3.56. The summed E-state index contributed by atoms with van der Waals surface area (Å²) < 4.78 is 0. The van der Waals surface area contributed by atoms with E-state index in [2.05, 4.69) is 31.7 Å². The van der Waals surface area contributed by atoms with Gasteiger partial charge in [0.05, 0.1) is 0 Å².